The number of nitrogens with two attached hydrogens (primary N) is 1. The lowest BCUT2D eigenvalue weighted by Crippen LogP contribution is -2.51. The molecule has 0 bridgehead atoms. The predicted molar refractivity (Wildman–Crippen MR) is 74.7 cm³/mol. The number of carbonyl (C=O) groups excluding carboxylic acids is 1. The molecule has 1 saturated carbocycles. The molecule has 0 radical (unpaired) electrons. The van der Waals surface area contributed by atoms with Gasteiger partial charge in [-0.1, -0.05) is 29.6 Å². The number of aryl methyl sites for hydroxylation is 1. The Morgan fingerprint density at radius 1 is 1.48 bits per heavy atom. The van der Waals surface area contributed by atoms with Crippen molar-refractivity contribution in [2.75, 3.05) is 6.54 Å². The number of nitrogens with zero attached hydrogens (tertiary/aromatic N) is 3. The van der Waals surface area contributed by atoms with E-state index in [2.05, 4.69) is 20.6 Å². The number of rotatable bonds is 5. The van der Waals surface area contributed by atoms with Gasteiger partial charge in [-0.15, -0.1) is 0 Å². The van der Waals surface area contributed by atoms with Crippen molar-refractivity contribution in [3.05, 3.63) is 11.7 Å². The average Bonchev–Trinajstić information content (AvgIpc) is 2.92. The van der Waals surface area contributed by atoms with E-state index in [1.807, 2.05) is 0 Å². The minimum atomic E-state index is -0.891. The molecule has 21 heavy (non-hydrogen) atoms. The summed E-state index contributed by atoms with van der Waals surface area (Å²) in [6, 6.07) is 0. The van der Waals surface area contributed by atoms with Crippen molar-refractivity contribution < 1.29 is 14.5 Å². The first-order valence-corrected chi connectivity index (χ1v) is 7.14. The Bertz CT molecular complexity index is 520. The Labute approximate surface area is 122 Å². The molecule has 0 atom stereocenters. The molecule has 8 heteroatoms. The third-order valence-electron chi connectivity index (χ3n) is 3.93. The maximum absolute atomic E-state index is 12.5. The van der Waals surface area contributed by atoms with Gasteiger partial charge in [0.2, 0.25) is 11.8 Å². The lowest BCUT2D eigenvalue weighted by atomic mass is 9.72. The SMILES string of the molecule is Cc1noc(CCNC(=O)C2(C(N)=NO)CCCCC2)n1. The molecular weight excluding hydrogens is 274 g/mol. The van der Waals surface area contributed by atoms with Gasteiger partial charge in [0.1, 0.15) is 5.41 Å². The summed E-state index contributed by atoms with van der Waals surface area (Å²) in [5, 5.41) is 18.5. The molecule has 1 aromatic heterocycles. The summed E-state index contributed by atoms with van der Waals surface area (Å²) >= 11 is 0. The number of oxime groups is 1. The minimum absolute atomic E-state index is 0.00617. The van der Waals surface area contributed by atoms with Crippen LogP contribution >= 0.6 is 0 Å². The van der Waals surface area contributed by atoms with Crippen molar-refractivity contribution in [2.24, 2.45) is 16.3 Å². The summed E-state index contributed by atoms with van der Waals surface area (Å²) in [7, 11) is 0. The van der Waals surface area contributed by atoms with Gasteiger partial charge in [-0.25, -0.2) is 0 Å². The van der Waals surface area contributed by atoms with Crippen molar-refractivity contribution >= 4 is 11.7 Å². The van der Waals surface area contributed by atoms with Crippen LogP contribution in [-0.4, -0.2) is 33.6 Å². The molecule has 8 nitrogen and oxygen atoms in total. The minimum Gasteiger partial charge on any atom is -0.409 e. The van der Waals surface area contributed by atoms with Crippen LogP contribution in [0.2, 0.25) is 0 Å². The van der Waals surface area contributed by atoms with Crippen molar-refractivity contribution in [3.63, 3.8) is 0 Å². The fourth-order valence-electron chi connectivity index (χ4n) is 2.74. The summed E-state index contributed by atoms with van der Waals surface area (Å²) in [5.41, 5.74) is 4.88. The van der Waals surface area contributed by atoms with Gasteiger partial charge >= 0.3 is 0 Å². The van der Waals surface area contributed by atoms with E-state index in [1.54, 1.807) is 6.92 Å². The fraction of sp³-hybridized carbons (Fsp3) is 0.692. The maximum atomic E-state index is 12.5. The lowest BCUT2D eigenvalue weighted by molar-refractivity contribution is -0.129. The van der Waals surface area contributed by atoms with Crippen LogP contribution in [0, 0.1) is 12.3 Å². The van der Waals surface area contributed by atoms with E-state index in [0.717, 1.165) is 19.3 Å². The molecule has 1 heterocycles. The van der Waals surface area contributed by atoms with E-state index >= 15 is 0 Å². The van der Waals surface area contributed by atoms with Gasteiger partial charge in [0.25, 0.3) is 0 Å². The van der Waals surface area contributed by atoms with E-state index < -0.39 is 5.41 Å². The predicted octanol–water partition coefficient (Wildman–Crippen LogP) is 0.734. The van der Waals surface area contributed by atoms with Crippen molar-refractivity contribution in [1.82, 2.24) is 15.5 Å². The van der Waals surface area contributed by atoms with Gasteiger partial charge in [-0.05, 0) is 19.8 Å². The van der Waals surface area contributed by atoms with E-state index in [1.165, 1.54) is 0 Å². The number of hydrogen-bond donors (Lipinski definition) is 3. The molecule has 0 aliphatic heterocycles. The molecule has 1 amide bonds. The number of hydrogen-bond acceptors (Lipinski definition) is 6. The molecule has 116 valence electrons. The van der Waals surface area contributed by atoms with Crippen LogP contribution in [0.25, 0.3) is 0 Å². The highest BCUT2D eigenvalue weighted by atomic mass is 16.5. The zero-order chi connectivity index (χ0) is 15.3. The van der Waals surface area contributed by atoms with Gasteiger partial charge in [-0.2, -0.15) is 4.98 Å². The van der Waals surface area contributed by atoms with Gasteiger partial charge in [0, 0.05) is 13.0 Å². The fourth-order valence-corrected chi connectivity index (χ4v) is 2.74. The third kappa shape index (κ3) is 3.32. The van der Waals surface area contributed by atoms with Crippen LogP contribution in [0.3, 0.4) is 0 Å². The van der Waals surface area contributed by atoms with Crippen LogP contribution in [0.15, 0.2) is 9.68 Å². The summed E-state index contributed by atoms with van der Waals surface area (Å²) < 4.78 is 4.98. The molecule has 1 aromatic rings. The van der Waals surface area contributed by atoms with Crippen LogP contribution in [0.5, 0.6) is 0 Å². The smallest absolute Gasteiger partial charge is 0.233 e. The van der Waals surface area contributed by atoms with Crippen molar-refractivity contribution in [2.45, 2.75) is 45.4 Å². The number of aromatic nitrogens is 2. The zero-order valence-electron chi connectivity index (χ0n) is 12.1. The first-order valence-electron chi connectivity index (χ1n) is 7.14. The molecule has 1 aliphatic rings. The molecular formula is C13H21N5O3. The van der Waals surface area contributed by atoms with Crippen LogP contribution < -0.4 is 11.1 Å². The largest absolute Gasteiger partial charge is 0.409 e. The summed E-state index contributed by atoms with van der Waals surface area (Å²) in [6.45, 7) is 2.11. The number of amides is 1. The Morgan fingerprint density at radius 2 is 2.19 bits per heavy atom. The molecule has 0 saturated heterocycles. The van der Waals surface area contributed by atoms with E-state index in [9.17, 15) is 4.79 Å². The standard InChI is InChI=1S/C13H21N5O3/c1-9-16-10(21-18-9)5-8-15-12(19)13(11(14)17-20)6-3-2-4-7-13/h20H,2-8H2,1H3,(H2,14,17)(H,15,19). The summed E-state index contributed by atoms with van der Waals surface area (Å²) in [5.74, 6) is 0.841. The first-order chi connectivity index (χ1) is 10.1. The molecule has 4 N–H and O–H groups in total. The van der Waals surface area contributed by atoms with E-state index in [4.69, 9.17) is 15.5 Å². The van der Waals surface area contributed by atoms with Crippen LogP contribution in [0.4, 0.5) is 0 Å². The van der Waals surface area contributed by atoms with E-state index in [-0.39, 0.29) is 11.7 Å². The molecule has 0 unspecified atom stereocenters. The number of nitrogens with one attached hydrogen (secondary N) is 1. The Balaban J connectivity index is 1.95. The average molecular weight is 295 g/mol. The zero-order valence-corrected chi connectivity index (χ0v) is 12.1. The first kappa shape index (κ1) is 15.3. The monoisotopic (exact) mass is 295 g/mol. The molecule has 0 aromatic carbocycles. The Kier molecular flexibility index (Phi) is 4.77. The maximum Gasteiger partial charge on any atom is 0.233 e. The quantitative estimate of drug-likeness (QED) is 0.318. The van der Waals surface area contributed by atoms with Crippen LogP contribution in [0.1, 0.15) is 43.8 Å². The summed E-state index contributed by atoms with van der Waals surface area (Å²) in [4.78, 5) is 16.5. The topological polar surface area (TPSA) is 127 Å². The van der Waals surface area contributed by atoms with Gasteiger partial charge in [0.15, 0.2) is 11.7 Å². The second-order valence-corrected chi connectivity index (χ2v) is 5.37. The normalized spacial score (nSPS) is 18.4. The Morgan fingerprint density at radius 3 is 2.76 bits per heavy atom. The van der Waals surface area contributed by atoms with E-state index in [0.29, 0.717) is 37.5 Å². The van der Waals surface area contributed by atoms with Gasteiger partial charge < -0.3 is 20.8 Å². The van der Waals surface area contributed by atoms with Crippen molar-refractivity contribution in [1.29, 1.82) is 0 Å². The van der Waals surface area contributed by atoms with Crippen LogP contribution in [-0.2, 0) is 11.2 Å². The number of carbonyl (C=O) groups is 1. The second kappa shape index (κ2) is 6.55. The van der Waals surface area contributed by atoms with Gasteiger partial charge in [0.05, 0.1) is 0 Å². The third-order valence-corrected chi connectivity index (χ3v) is 3.93. The molecule has 1 fully saturated rings. The highest BCUT2D eigenvalue weighted by molar-refractivity contribution is 6.06. The molecule has 1 aliphatic carbocycles. The molecule has 2 rings (SSSR count). The Hall–Kier alpha value is -2.12. The second-order valence-electron chi connectivity index (χ2n) is 5.37. The molecule has 0 spiro atoms. The summed E-state index contributed by atoms with van der Waals surface area (Å²) in [6.07, 6.45) is 4.52. The number of amidine groups is 1. The lowest BCUT2D eigenvalue weighted by Gasteiger charge is -2.34. The highest BCUT2D eigenvalue weighted by Gasteiger charge is 2.43. The van der Waals surface area contributed by atoms with Crippen molar-refractivity contribution in [3.8, 4) is 0 Å². The highest BCUT2D eigenvalue weighted by Crippen LogP contribution is 2.36. The van der Waals surface area contributed by atoms with Gasteiger partial charge in [-0.3, -0.25) is 4.79 Å².